The molecule has 0 bridgehead atoms. The zero-order chi connectivity index (χ0) is 20.1. The molecular weight excluding hydrogens is 400 g/mol. The first kappa shape index (κ1) is 18.5. The number of nitrogens with zero attached hydrogens (tertiary/aromatic N) is 1. The summed E-state index contributed by atoms with van der Waals surface area (Å²) in [6, 6.07) is 10.5. The summed E-state index contributed by atoms with van der Waals surface area (Å²) in [6.07, 6.45) is 0.119. The molecule has 28 heavy (non-hydrogen) atoms. The van der Waals surface area contributed by atoms with Crippen molar-refractivity contribution in [3.8, 4) is 11.3 Å². The molecule has 144 valence electrons. The number of nitrogens with one attached hydrogen (secondary N) is 3. The summed E-state index contributed by atoms with van der Waals surface area (Å²) >= 11 is 6.14. The van der Waals surface area contributed by atoms with Gasteiger partial charge in [-0.3, -0.25) is 14.6 Å². The Labute approximate surface area is 167 Å². The monoisotopic (exact) mass is 416 g/mol. The summed E-state index contributed by atoms with van der Waals surface area (Å²) in [7, 11) is -3.97. The second-order valence-electron chi connectivity index (χ2n) is 6.81. The first-order valence-electron chi connectivity index (χ1n) is 8.50. The Morgan fingerprint density at radius 1 is 1.07 bits per heavy atom. The van der Waals surface area contributed by atoms with Crippen LogP contribution in [0.15, 0.2) is 41.3 Å². The highest BCUT2D eigenvalue weighted by atomic mass is 35.5. The van der Waals surface area contributed by atoms with Crippen molar-refractivity contribution >= 4 is 39.0 Å². The van der Waals surface area contributed by atoms with Crippen molar-refractivity contribution in [2.45, 2.75) is 25.2 Å². The number of hydrogen-bond donors (Lipinski definition) is 3. The van der Waals surface area contributed by atoms with Gasteiger partial charge in [-0.25, -0.2) is 8.42 Å². The van der Waals surface area contributed by atoms with Gasteiger partial charge in [-0.05, 0) is 43.7 Å². The summed E-state index contributed by atoms with van der Waals surface area (Å²) in [5.74, 6) is -0.0427. The minimum Gasteiger partial charge on any atom is -0.325 e. The number of aromatic nitrogens is 2. The van der Waals surface area contributed by atoms with Gasteiger partial charge >= 0.3 is 0 Å². The van der Waals surface area contributed by atoms with Gasteiger partial charge in [0.2, 0.25) is 5.91 Å². The first-order valence-corrected chi connectivity index (χ1v) is 10.4. The molecule has 0 aliphatic carbocycles. The lowest BCUT2D eigenvalue weighted by atomic mass is 10.1. The maximum Gasteiger partial charge on any atom is 0.264 e. The summed E-state index contributed by atoms with van der Waals surface area (Å²) in [5, 5.41) is 9.57. The fraction of sp³-hybridized carbons (Fsp3) is 0.158. The second kappa shape index (κ2) is 6.65. The van der Waals surface area contributed by atoms with Crippen molar-refractivity contribution < 1.29 is 13.2 Å². The molecule has 2 aromatic carbocycles. The van der Waals surface area contributed by atoms with E-state index in [0.717, 1.165) is 16.7 Å². The fourth-order valence-electron chi connectivity index (χ4n) is 3.28. The molecule has 0 unspecified atom stereocenters. The average molecular weight is 417 g/mol. The van der Waals surface area contributed by atoms with Crippen LogP contribution in [0, 0.1) is 13.8 Å². The van der Waals surface area contributed by atoms with Crippen LogP contribution in [0.4, 0.5) is 11.5 Å². The highest BCUT2D eigenvalue weighted by molar-refractivity contribution is 7.92. The van der Waals surface area contributed by atoms with Gasteiger partial charge in [-0.1, -0.05) is 28.8 Å². The van der Waals surface area contributed by atoms with Gasteiger partial charge in [-0.15, -0.1) is 0 Å². The molecule has 0 atom stereocenters. The van der Waals surface area contributed by atoms with Crippen LogP contribution in [0.25, 0.3) is 11.3 Å². The number of halogens is 1. The Bertz CT molecular complexity index is 1200. The zero-order valence-electron chi connectivity index (χ0n) is 15.1. The second-order valence-corrected chi connectivity index (χ2v) is 8.87. The number of sulfonamides is 1. The van der Waals surface area contributed by atoms with Crippen LogP contribution >= 0.6 is 11.6 Å². The van der Waals surface area contributed by atoms with E-state index in [0.29, 0.717) is 16.9 Å². The van der Waals surface area contributed by atoms with Gasteiger partial charge in [0.25, 0.3) is 10.0 Å². The third kappa shape index (κ3) is 3.48. The Kier molecular flexibility index (Phi) is 4.40. The SMILES string of the molecule is Cc1cc(C)cc(-c2cc(NS(=O)(=O)c3cc4c(cc3Cl)NC(=O)C4)n[nH]2)c1. The van der Waals surface area contributed by atoms with Crippen molar-refractivity contribution in [3.05, 3.63) is 58.1 Å². The van der Waals surface area contributed by atoms with E-state index in [1.54, 1.807) is 6.07 Å². The average Bonchev–Trinajstić information content (AvgIpc) is 3.18. The molecule has 4 rings (SSSR count). The minimum atomic E-state index is -3.97. The Morgan fingerprint density at radius 2 is 1.79 bits per heavy atom. The van der Waals surface area contributed by atoms with Crippen molar-refractivity contribution in [2.24, 2.45) is 0 Å². The number of hydrogen-bond acceptors (Lipinski definition) is 4. The van der Waals surface area contributed by atoms with E-state index in [1.807, 2.05) is 26.0 Å². The number of benzene rings is 2. The summed E-state index contributed by atoms with van der Waals surface area (Å²) < 4.78 is 28.0. The third-order valence-electron chi connectivity index (χ3n) is 4.42. The largest absolute Gasteiger partial charge is 0.325 e. The third-order valence-corrected chi connectivity index (χ3v) is 6.24. The van der Waals surface area contributed by atoms with Gasteiger partial charge < -0.3 is 5.32 Å². The molecule has 0 saturated heterocycles. The number of carbonyl (C=O) groups excluding carboxylic acids is 1. The lowest BCUT2D eigenvalue weighted by molar-refractivity contribution is -0.115. The van der Waals surface area contributed by atoms with Gasteiger partial charge in [0.05, 0.1) is 17.1 Å². The van der Waals surface area contributed by atoms with E-state index in [1.165, 1.54) is 12.1 Å². The van der Waals surface area contributed by atoms with Crippen molar-refractivity contribution in [1.82, 2.24) is 10.2 Å². The zero-order valence-corrected chi connectivity index (χ0v) is 16.7. The highest BCUT2D eigenvalue weighted by Crippen LogP contribution is 2.33. The summed E-state index contributed by atoms with van der Waals surface area (Å²) in [5.41, 5.74) is 4.92. The lowest BCUT2D eigenvalue weighted by Crippen LogP contribution is -2.14. The van der Waals surface area contributed by atoms with E-state index < -0.39 is 10.0 Å². The van der Waals surface area contributed by atoms with E-state index in [2.05, 4.69) is 26.3 Å². The van der Waals surface area contributed by atoms with Crippen LogP contribution in [-0.4, -0.2) is 24.5 Å². The number of amides is 1. The van der Waals surface area contributed by atoms with E-state index in [4.69, 9.17) is 11.6 Å². The molecule has 7 nitrogen and oxygen atoms in total. The lowest BCUT2D eigenvalue weighted by Gasteiger charge is -2.09. The Morgan fingerprint density at radius 3 is 2.50 bits per heavy atom. The minimum absolute atomic E-state index is 0.0264. The topological polar surface area (TPSA) is 104 Å². The number of aromatic amines is 1. The van der Waals surface area contributed by atoms with Crippen molar-refractivity contribution in [3.63, 3.8) is 0 Å². The molecule has 1 aliphatic rings. The molecule has 0 saturated carbocycles. The van der Waals surface area contributed by atoms with E-state index in [9.17, 15) is 13.2 Å². The van der Waals surface area contributed by atoms with E-state index >= 15 is 0 Å². The molecule has 3 aromatic rings. The molecule has 2 heterocycles. The predicted octanol–water partition coefficient (Wildman–Crippen LogP) is 3.64. The summed E-state index contributed by atoms with van der Waals surface area (Å²) in [4.78, 5) is 11.4. The van der Waals surface area contributed by atoms with Crippen LogP contribution in [0.5, 0.6) is 0 Å². The van der Waals surface area contributed by atoms with Crippen LogP contribution in [0.1, 0.15) is 16.7 Å². The molecule has 1 aromatic heterocycles. The smallest absolute Gasteiger partial charge is 0.264 e. The quantitative estimate of drug-likeness (QED) is 0.603. The Balaban J connectivity index is 1.64. The van der Waals surface area contributed by atoms with Gasteiger partial charge in [0, 0.05) is 17.3 Å². The van der Waals surface area contributed by atoms with Crippen molar-refractivity contribution in [1.29, 1.82) is 0 Å². The number of aryl methyl sites for hydroxylation is 2. The molecule has 1 amide bonds. The molecule has 1 aliphatic heterocycles. The number of H-pyrrole nitrogens is 1. The maximum absolute atomic E-state index is 12.8. The van der Waals surface area contributed by atoms with Crippen molar-refractivity contribution in [2.75, 3.05) is 10.0 Å². The van der Waals surface area contributed by atoms with Crippen LogP contribution in [0.2, 0.25) is 5.02 Å². The number of rotatable bonds is 4. The first-order chi connectivity index (χ1) is 13.2. The van der Waals surface area contributed by atoms with Crippen LogP contribution < -0.4 is 10.0 Å². The van der Waals surface area contributed by atoms with Gasteiger partial charge in [-0.2, -0.15) is 5.10 Å². The number of fused-ring (bicyclic) bond motifs is 1. The van der Waals surface area contributed by atoms with Crippen LogP contribution in [-0.2, 0) is 21.2 Å². The number of carbonyl (C=O) groups is 1. The molecule has 0 fully saturated rings. The molecular formula is C19H17ClN4O3S. The molecule has 9 heteroatoms. The molecule has 0 radical (unpaired) electrons. The number of anilines is 2. The fourth-order valence-corrected chi connectivity index (χ4v) is 4.85. The highest BCUT2D eigenvalue weighted by Gasteiger charge is 2.25. The standard InChI is InChI=1S/C19H17ClN4O3S/c1-10-3-11(2)5-12(4-10)16-9-18(23-22-16)24-28(26,27)17-6-13-7-19(25)21-15(13)8-14(17)20/h3-6,8-9H,7H2,1-2H3,(H,21,25)(H2,22,23,24). The van der Waals surface area contributed by atoms with E-state index in [-0.39, 0.29) is 28.1 Å². The normalized spacial score (nSPS) is 13.3. The summed E-state index contributed by atoms with van der Waals surface area (Å²) in [6.45, 7) is 3.98. The van der Waals surface area contributed by atoms with Gasteiger partial charge in [0.15, 0.2) is 5.82 Å². The predicted molar refractivity (Wildman–Crippen MR) is 108 cm³/mol. The van der Waals surface area contributed by atoms with Gasteiger partial charge in [0.1, 0.15) is 4.90 Å². The van der Waals surface area contributed by atoms with Crippen LogP contribution in [0.3, 0.4) is 0 Å². The Hall–Kier alpha value is -2.84. The maximum atomic E-state index is 12.8. The molecule has 0 spiro atoms. The molecule has 3 N–H and O–H groups in total.